The average Bonchev–Trinajstić information content (AvgIpc) is 2.73. The van der Waals surface area contributed by atoms with Crippen LogP contribution < -0.4 is 5.73 Å². The van der Waals surface area contributed by atoms with Crippen LogP contribution in [0.5, 0.6) is 0 Å². The molecular formula is C14H17NO. The maximum atomic E-state index is 5.84. The highest BCUT2D eigenvalue weighted by atomic mass is 16.3. The smallest absolute Gasteiger partial charge is 0.108 e. The first-order chi connectivity index (χ1) is 7.75. The predicted octanol–water partition coefficient (Wildman–Crippen LogP) is 2.76. The summed E-state index contributed by atoms with van der Waals surface area (Å²) >= 11 is 0. The van der Waals surface area contributed by atoms with Crippen molar-refractivity contribution in [3.63, 3.8) is 0 Å². The second-order valence-corrected chi connectivity index (χ2v) is 4.21. The Balaban J connectivity index is 2.19. The van der Waals surface area contributed by atoms with Crippen molar-refractivity contribution in [2.45, 2.75) is 25.8 Å². The van der Waals surface area contributed by atoms with Crippen molar-refractivity contribution >= 4 is 0 Å². The van der Waals surface area contributed by atoms with E-state index < -0.39 is 0 Å². The van der Waals surface area contributed by atoms with Crippen LogP contribution >= 0.6 is 0 Å². The lowest BCUT2D eigenvalue weighted by Crippen LogP contribution is -2.18. The number of rotatable bonds is 4. The van der Waals surface area contributed by atoms with E-state index in [0.717, 1.165) is 18.6 Å². The summed E-state index contributed by atoms with van der Waals surface area (Å²) in [5.41, 5.74) is 8.46. The van der Waals surface area contributed by atoms with Crippen LogP contribution in [0.2, 0.25) is 0 Å². The van der Waals surface area contributed by atoms with Crippen LogP contribution in [0.15, 0.2) is 47.1 Å². The van der Waals surface area contributed by atoms with E-state index >= 15 is 0 Å². The monoisotopic (exact) mass is 215 g/mol. The van der Waals surface area contributed by atoms with Crippen molar-refractivity contribution in [2.24, 2.45) is 5.73 Å². The van der Waals surface area contributed by atoms with E-state index in [1.54, 1.807) is 6.26 Å². The van der Waals surface area contributed by atoms with Crippen LogP contribution in [-0.2, 0) is 12.8 Å². The van der Waals surface area contributed by atoms with E-state index in [1.165, 1.54) is 11.1 Å². The van der Waals surface area contributed by atoms with Gasteiger partial charge in [0.05, 0.1) is 6.26 Å². The Morgan fingerprint density at radius 1 is 1.12 bits per heavy atom. The highest BCUT2D eigenvalue weighted by Crippen LogP contribution is 2.16. The summed E-state index contributed by atoms with van der Waals surface area (Å²) in [6.07, 6.45) is 3.47. The van der Waals surface area contributed by atoms with Gasteiger partial charge in [-0.1, -0.05) is 24.3 Å². The number of furan rings is 1. The van der Waals surface area contributed by atoms with Crippen LogP contribution in [0.3, 0.4) is 0 Å². The van der Waals surface area contributed by atoms with E-state index in [-0.39, 0.29) is 6.04 Å². The minimum absolute atomic E-state index is 0.192. The molecule has 0 fully saturated rings. The summed E-state index contributed by atoms with van der Waals surface area (Å²) in [6.45, 7) is 2.03. The molecule has 1 aromatic heterocycles. The van der Waals surface area contributed by atoms with Gasteiger partial charge in [0.2, 0.25) is 0 Å². The van der Waals surface area contributed by atoms with Crippen molar-refractivity contribution in [3.8, 4) is 0 Å². The van der Waals surface area contributed by atoms with Crippen LogP contribution in [0.1, 0.15) is 23.8 Å². The lowest BCUT2D eigenvalue weighted by molar-refractivity contribution is 0.520. The maximum Gasteiger partial charge on any atom is 0.108 e. The van der Waals surface area contributed by atoms with E-state index in [4.69, 9.17) is 10.2 Å². The molecule has 0 radical (unpaired) electrons. The van der Waals surface area contributed by atoms with Gasteiger partial charge in [0.1, 0.15) is 5.76 Å². The van der Waals surface area contributed by atoms with Crippen LogP contribution in [0.4, 0.5) is 0 Å². The zero-order chi connectivity index (χ0) is 11.4. The van der Waals surface area contributed by atoms with Crippen LogP contribution in [0, 0.1) is 0 Å². The molecule has 2 aromatic rings. The number of hydrogen-bond donors (Lipinski definition) is 1. The summed E-state index contributed by atoms with van der Waals surface area (Å²) in [4.78, 5) is 0. The third-order valence-electron chi connectivity index (χ3n) is 2.61. The zero-order valence-corrected chi connectivity index (χ0v) is 9.52. The molecule has 1 unspecified atom stereocenters. The normalized spacial score (nSPS) is 12.6. The summed E-state index contributed by atoms with van der Waals surface area (Å²) < 4.78 is 5.37. The fraction of sp³-hybridized carbons (Fsp3) is 0.286. The fourth-order valence-electron chi connectivity index (χ4n) is 1.88. The van der Waals surface area contributed by atoms with Gasteiger partial charge >= 0.3 is 0 Å². The molecule has 1 heterocycles. The Bertz CT molecular complexity index is 432. The van der Waals surface area contributed by atoms with Crippen LogP contribution in [-0.4, -0.2) is 6.04 Å². The second-order valence-electron chi connectivity index (χ2n) is 4.21. The SMILES string of the molecule is CC(N)Cc1ccccc1Cc1ccco1. The van der Waals surface area contributed by atoms with Gasteiger partial charge < -0.3 is 10.2 Å². The molecule has 0 aliphatic carbocycles. The molecule has 2 heteroatoms. The van der Waals surface area contributed by atoms with E-state index in [2.05, 4.69) is 24.3 Å². The zero-order valence-electron chi connectivity index (χ0n) is 9.52. The molecule has 0 saturated carbocycles. The molecule has 84 valence electrons. The predicted molar refractivity (Wildman–Crippen MR) is 65.3 cm³/mol. The molecule has 2 rings (SSSR count). The molecule has 16 heavy (non-hydrogen) atoms. The highest BCUT2D eigenvalue weighted by molar-refractivity contribution is 5.30. The molecule has 0 aliphatic heterocycles. The number of hydrogen-bond acceptors (Lipinski definition) is 2. The third kappa shape index (κ3) is 2.74. The second kappa shape index (κ2) is 4.99. The molecule has 0 saturated heterocycles. The lowest BCUT2D eigenvalue weighted by Gasteiger charge is -2.10. The first-order valence-corrected chi connectivity index (χ1v) is 5.60. The van der Waals surface area contributed by atoms with Gasteiger partial charge in [-0.2, -0.15) is 0 Å². The van der Waals surface area contributed by atoms with Crippen molar-refractivity contribution in [2.75, 3.05) is 0 Å². The Kier molecular flexibility index (Phi) is 3.42. The molecule has 1 atom stereocenters. The summed E-state index contributed by atoms with van der Waals surface area (Å²) in [7, 11) is 0. The average molecular weight is 215 g/mol. The number of nitrogens with two attached hydrogens (primary N) is 1. The summed E-state index contributed by atoms with van der Waals surface area (Å²) in [5, 5.41) is 0. The highest BCUT2D eigenvalue weighted by Gasteiger charge is 2.06. The van der Waals surface area contributed by atoms with E-state index in [1.807, 2.05) is 19.1 Å². The molecule has 0 spiro atoms. The largest absolute Gasteiger partial charge is 0.469 e. The van der Waals surface area contributed by atoms with Gasteiger partial charge in [0, 0.05) is 12.5 Å². The van der Waals surface area contributed by atoms with Crippen molar-refractivity contribution < 1.29 is 4.42 Å². The van der Waals surface area contributed by atoms with Gasteiger partial charge in [-0.15, -0.1) is 0 Å². The fourth-order valence-corrected chi connectivity index (χ4v) is 1.88. The quantitative estimate of drug-likeness (QED) is 0.851. The topological polar surface area (TPSA) is 39.2 Å². The Morgan fingerprint density at radius 2 is 1.88 bits per heavy atom. The minimum Gasteiger partial charge on any atom is -0.469 e. The Hall–Kier alpha value is -1.54. The van der Waals surface area contributed by atoms with Crippen molar-refractivity contribution in [1.82, 2.24) is 0 Å². The van der Waals surface area contributed by atoms with Gasteiger partial charge in [0.15, 0.2) is 0 Å². The van der Waals surface area contributed by atoms with Crippen molar-refractivity contribution in [1.29, 1.82) is 0 Å². The third-order valence-corrected chi connectivity index (χ3v) is 2.61. The van der Waals surface area contributed by atoms with Gasteiger partial charge in [-0.25, -0.2) is 0 Å². The molecule has 2 nitrogen and oxygen atoms in total. The van der Waals surface area contributed by atoms with Gasteiger partial charge in [-0.05, 0) is 36.6 Å². The van der Waals surface area contributed by atoms with Crippen LogP contribution in [0.25, 0.3) is 0 Å². The molecule has 0 amide bonds. The number of benzene rings is 1. The maximum absolute atomic E-state index is 5.84. The molecular weight excluding hydrogens is 198 g/mol. The molecule has 1 aromatic carbocycles. The first kappa shape index (κ1) is 11.0. The molecule has 0 aliphatic rings. The van der Waals surface area contributed by atoms with Gasteiger partial charge in [0.25, 0.3) is 0 Å². The van der Waals surface area contributed by atoms with E-state index in [0.29, 0.717) is 0 Å². The van der Waals surface area contributed by atoms with Crippen molar-refractivity contribution in [3.05, 3.63) is 59.5 Å². The summed E-state index contributed by atoms with van der Waals surface area (Å²) in [5.74, 6) is 0.997. The Labute approximate surface area is 96.1 Å². The Morgan fingerprint density at radius 3 is 2.50 bits per heavy atom. The standard InChI is InChI=1S/C14H17NO/c1-11(15)9-12-5-2-3-6-13(12)10-14-7-4-8-16-14/h2-8,11H,9-10,15H2,1H3. The molecule has 2 N–H and O–H groups in total. The van der Waals surface area contributed by atoms with E-state index in [9.17, 15) is 0 Å². The van der Waals surface area contributed by atoms with Gasteiger partial charge in [-0.3, -0.25) is 0 Å². The lowest BCUT2D eigenvalue weighted by atomic mass is 9.98. The summed E-state index contributed by atoms with van der Waals surface area (Å²) in [6, 6.07) is 12.5. The first-order valence-electron chi connectivity index (χ1n) is 5.60. The minimum atomic E-state index is 0.192. The molecule has 0 bridgehead atoms.